The first-order chi connectivity index (χ1) is 7.72. The summed E-state index contributed by atoms with van der Waals surface area (Å²) in [4.78, 5) is 10.4. The molecule has 0 aromatic heterocycles. The maximum atomic E-state index is 13.4. The van der Waals surface area contributed by atoms with Gasteiger partial charge in [0.05, 0.1) is 6.10 Å². The number of carbonyl (C=O) groups is 1. The fourth-order valence-corrected chi connectivity index (χ4v) is 1.44. The molecule has 0 heterocycles. The zero-order valence-corrected chi connectivity index (χ0v) is 9.50. The van der Waals surface area contributed by atoms with Crippen molar-refractivity contribution in [3.8, 4) is 5.75 Å². The average Bonchev–Trinajstić information content (AvgIpc) is 2.30. The number of rotatable bonds is 6. The Morgan fingerprint density at radius 1 is 1.44 bits per heavy atom. The third-order valence-electron chi connectivity index (χ3n) is 2.38. The van der Waals surface area contributed by atoms with Gasteiger partial charge in [-0.15, -0.1) is 0 Å². The molecule has 1 amide bonds. The van der Waals surface area contributed by atoms with Gasteiger partial charge in [-0.2, -0.15) is 0 Å². The van der Waals surface area contributed by atoms with Gasteiger partial charge in [-0.1, -0.05) is 19.9 Å². The van der Waals surface area contributed by atoms with Crippen molar-refractivity contribution in [1.29, 1.82) is 0 Å². The van der Waals surface area contributed by atoms with E-state index in [1.807, 2.05) is 13.8 Å². The van der Waals surface area contributed by atoms with Crippen LogP contribution in [0, 0.1) is 5.82 Å². The van der Waals surface area contributed by atoms with E-state index in [4.69, 9.17) is 4.74 Å². The summed E-state index contributed by atoms with van der Waals surface area (Å²) >= 11 is 0. The van der Waals surface area contributed by atoms with Gasteiger partial charge in [0, 0.05) is 0 Å². The van der Waals surface area contributed by atoms with E-state index in [1.54, 1.807) is 12.1 Å². The van der Waals surface area contributed by atoms with Gasteiger partial charge < -0.3 is 10.1 Å². The summed E-state index contributed by atoms with van der Waals surface area (Å²) in [5, 5.41) is 2.32. The van der Waals surface area contributed by atoms with Crippen molar-refractivity contribution in [3.63, 3.8) is 0 Å². The molecule has 1 aromatic carbocycles. The molecule has 0 aliphatic heterocycles. The second kappa shape index (κ2) is 6.10. The summed E-state index contributed by atoms with van der Waals surface area (Å²) in [6.45, 7) is 4.00. The lowest BCUT2D eigenvalue weighted by Gasteiger charge is -2.18. The van der Waals surface area contributed by atoms with Gasteiger partial charge in [0.1, 0.15) is 11.4 Å². The molecule has 0 saturated heterocycles. The van der Waals surface area contributed by atoms with E-state index in [9.17, 15) is 9.18 Å². The van der Waals surface area contributed by atoms with Crippen LogP contribution in [-0.4, -0.2) is 12.5 Å². The Balaban J connectivity index is 2.93. The van der Waals surface area contributed by atoms with Gasteiger partial charge in [-0.3, -0.25) is 4.79 Å². The molecular formula is C12H16FNO2. The Morgan fingerprint density at radius 2 is 2.12 bits per heavy atom. The quantitative estimate of drug-likeness (QED) is 0.756. The molecule has 3 nitrogen and oxygen atoms in total. The number of anilines is 1. The largest absolute Gasteiger partial charge is 0.488 e. The number of carbonyl (C=O) groups excluding carboxylic acids is 1. The second-order valence-electron chi connectivity index (χ2n) is 3.43. The van der Waals surface area contributed by atoms with E-state index in [2.05, 4.69) is 5.32 Å². The molecule has 1 rings (SSSR count). The zero-order chi connectivity index (χ0) is 12.0. The molecule has 1 N–H and O–H groups in total. The molecule has 0 fully saturated rings. The number of halogens is 1. The van der Waals surface area contributed by atoms with Crippen LogP contribution < -0.4 is 10.1 Å². The van der Waals surface area contributed by atoms with Crippen LogP contribution in [0.5, 0.6) is 5.75 Å². The van der Waals surface area contributed by atoms with Crippen LogP contribution in [0.3, 0.4) is 0 Å². The second-order valence-corrected chi connectivity index (χ2v) is 3.43. The van der Waals surface area contributed by atoms with Gasteiger partial charge in [0.2, 0.25) is 6.41 Å². The number of amides is 1. The van der Waals surface area contributed by atoms with Crippen molar-refractivity contribution in [1.82, 2.24) is 0 Å². The minimum absolute atomic E-state index is 0.0361. The summed E-state index contributed by atoms with van der Waals surface area (Å²) in [5.41, 5.74) is 0.101. The Morgan fingerprint density at radius 3 is 2.69 bits per heavy atom. The lowest BCUT2D eigenvalue weighted by molar-refractivity contribution is -0.105. The highest BCUT2D eigenvalue weighted by atomic mass is 19.1. The predicted molar refractivity (Wildman–Crippen MR) is 61.1 cm³/mol. The lowest BCUT2D eigenvalue weighted by Crippen LogP contribution is -2.15. The molecule has 0 aliphatic carbocycles. The number of para-hydroxylation sites is 1. The Kier molecular flexibility index (Phi) is 4.76. The predicted octanol–water partition coefficient (Wildman–Crippen LogP) is 2.96. The number of ether oxygens (including phenoxy) is 1. The van der Waals surface area contributed by atoms with Crippen LogP contribution in [0.15, 0.2) is 18.2 Å². The Labute approximate surface area is 94.6 Å². The molecule has 0 aliphatic rings. The molecule has 0 radical (unpaired) electrons. The molecule has 1 aromatic rings. The van der Waals surface area contributed by atoms with Crippen LogP contribution in [0.1, 0.15) is 26.7 Å². The monoisotopic (exact) mass is 225 g/mol. The summed E-state index contributed by atoms with van der Waals surface area (Å²) < 4.78 is 19.0. The highest BCUT2D eigenvalue weighted by Crippen LogP contribution is 2.28. The fraction of sp³-hybridized carbons (Fsp3) is 0.417. The van der Waals surface area contributed by atoms with Crippen LogP contribution in [0.4, 0.5) is 10.1 Å². The average molecular weight is 225 g/mol. The number of nitrogens with one attached hydrogen (secondary N) is 1. The summed E-state index contributed by atoms with van der Waals surface area (Å²) in [5.74, 6) is -0.114. The molecule has 0 saturated carbocycles. The Bertz CT molecular complexity index is 351. The van der Waals surface area contributed by atoms with E-state index in [0.29, 0.717) is 12.2 Å². The van der Waals surface area contributed by atoms with Crippen LogP contribution in [0.25, 0.3) is 0 Å². The van der Waals surface area contributed by atoms with E-state index in [-0.39, 0.29) is 11.8 Å². The van der Waals surface area contributed by atoms with Crippen molar-refractivity contribution in [2.75, 3.05) is 5.32 Å². The first-order valence-corrected chi connectivity index (χ1v) is 5.38. The SMILES string of the molecule is CCC(CC)Oc1cccc(F)c1NC=O. The molecule has 88 valence electrons. The third-order valence-corrected chi connectivity index (χ3v) is 2.38. The van der Waals surface area contributed by atoms with Crippen molar-refractivity contribution in [2.24, 2.45) is 0 Å². The van der Waals surface area contributed by atoms with Crippen molar-refractivity contribution >= 4 is 12.1 Å². The third kappa shape index (κ3) is 2.95. The minimum Gasteiger partial charge on any atom is -0.488 e. The van der Waals surface area contributed by atoms with Crippen LogP contribution in [0.2, 0.25) is 0 Å². The molecule has 16 heavy (non-hydrogen) atoms. The first-order valence-electron chi connectivity index (χ1n) is 5.38. The van der Waals surface area contributed by atoms with Gasteiger partial charge >= 0.3 is 0 Å². The summed E-state index contributed by atoms with van der Waals surface area (Å²) in [6, 6.07) is 4.49. The summed E-state index contributed by atoms with van der Waals surface area (Å²) in [6.07, 6.45) is 2.16. The minimum atomic E-state index is -0.490. The van der Waals surface area contributed by atoms with Gasteiger partial charge in [-0.25, -0.2) is 4.39 Å². The van der Waals surface area contributed by atoms with Crippen LogP contribution >= 0.6 is 0 Å². The van der Waals surface area contributed by atoms with Crippen molar-refractivity contribution < 1.29 is 13.9 Å². The fourth-order valence-electron chi connectivity index (χ4n) is 1.44. The Hall–Kier alpha value is -1.58. The molecular weight excluding hydrogens is 209 g/mol. The van der Waals surface area contributed by atoms with Crippen LogP contribution in [-0.2, 0) is 4.79 Å². The number of benzene rings is 1. The van der Waals surface area contributed by atoms with Crippen molar-refractivity contribution in [2.45, 2.75) is 32.8 Å². The van der Waals surface area contributed by atoms with E-state index in [0.717, 1.165) is 12.8 Å². The zero-order valence-electron chi connectivity index (χ0n) is 9.50. The van der Waals surface area contributed by atoms with Gasteiger partial charge in [0.15, 0.2) is 5.82 Å². The van der Waals surface area contributed by atoms with E-state index < -0.39 is 5.82 Å². The topological polar surface area (TPSA) is 38.3 Å². The van der Waals surface area contributed by atoms with Gasteiger partial charge in [-0.05, 0) is 25.0 Å². The smallest absolute Gasteiger partial charge is 0.211 e. The lowest BCUT2D eigenvalue weighted by atomic mass is 10.2. The van der Waals surface area contributed by atoms with E-state index in [1.165, 1.54) is 6.07 Å². The maximum Gasteiger partial charge on any atom is 0.211 e. The highest BCUT2D eigenvalue weighted by Gasteiger charge is 2.12. The molecule has 0 bridgehead atoms. The molecule has 0 unspecified atom stereocenters. The first kappa shape index (κ1) is 12.5. The molecule has 0 atom stereocenters. The molecule has 0 spiro atoms. The normalized spacial score (nSPS) is 10.2. The highest BCUT2D eigenvalue weighted by molar-refractivity contribution is 5.75. The number of hydrogen-bond acceptors (Lipinski definition) is 2. The number of hydrogen-bond donors (Lipinski definition) is 1. The standard InChI is InChI=1S/C12H16FNO2/c1-3-9(4-2)16-11-7-5-6-10(13)12(11)14-8-15/h5-9H,3-4H2,1-2H3,(H,14,15). The van der Waals surface area contributed by atoms with Gasteiger partial charge in [0.25, 0.3) is 0 Å². The maximum absolute atomic E-state index is 13.4. The summed E-state index contributed by atoms with van der Waals surface area (Å²) in [7, 11) is 0. The van der Waals surface area contributed by atoms with E-state index >= 15 is 0 Å². The molecule has 4 heteroatoms. The van der Waals surface area contributed by atoms with Crippen molar-refractivity contribution in [3.05, 3.63) is 24.0 Å².